The Morgan fingerprint density at radius 3 is 2.93 bits per heavy atom. The van der Waals surface area contributed by atoms with E-state index in [4.69, 9.17) is 4.74 Å². The Bertz CT molecular complexity index is 1050. The minimum Gasteiger partial charge on any atom is -0.446 e. The van der Waals surface area contributed by atoms with Gasteiger partial charge < -0.3 is 15.0 Å². The minimum absolute atomic E-state index is 0.0910. The lowest BCUT2D eigenvalue weighted by molar-refractivity contribution is 0.0770. The molecule has 4 rings (SSSR count). The van der Waals surface area contributed by atoms with Crippen LogP contribution < -0.4 is 9.62 Å². The number of fused-ring (bicyclic) bond motifs is 1. The van der Waals surface area contributed by atoms with E-state index in [0.717, 1.165) is 30.5 Å². The van der Waals surface area contributed by atoms with Crippen molar-refractivity contribution in [3.8, 4) is 0 Å². The number of nitrogens with zero attached hydrogens (tertiary/aromatic N) is 4. The highest BCUT2D eigenvalue weighted by Gasteiger charge is 2.31. The summed E-state index contributed by atoms with van der Waals surface area (Å²) in [5, 5.41) is 10.5. The van der Waals surface area contributed by atoms with E-state index in [1.165, 1.54) is 9.21 Å². The van der Waals surface area contributed by atoms with Gasteiger partial charge in [-0.25, -0.2) is 18.2 Å². The zero-order chi connectivity index (χ0) is 21.5. The second-order valence-corrected chi connectivity index (χ2v) is 10.1. The Hall–Kier alpha value is -2.82. The van der Waals surface area contributed by atoms with E-state index in [0.29, 0.717) is 23.7 Å². The van der Waals surface area contributed by atoms with Crippen LogP contribution in [-0.4, -0.2) is 67.6 Å². The van der Waals surface area contributed by atoms with Crippen molar-refractivity contribution in [2.24, 2.45) is 0 Å². The van der Waals surface area contributed by atoms with Crippen molar-refractivity contribution in [1.29, 1.82) is 0 Å². The number of carbonyl (C=O) groups is 1. The molecule has 0 radical (unpaired) electrons. The summed E-state index contributed by atoms with van der Waals surface area (Å²) >= 11 is 0. The molecule has 11 heteroatoms. The zero-order valence-corrected chi connectivity index (χ0v) is 18.1. The molecule has 0 unspecified atom stereocenters. The fourth-order valence-corrected chi connectivity index (χ4v) is 5.20. The molecule has 1 fully saturated rings. The van der Waals surface area contributed by atoms with Crippen LogP contribution in [0.3, 0.4) is 0 Å². The molecule has 0 spiro atoms. The van der Waals surface area contributed by atoms with Crippen LogP contribution in [-0.2, 0) is 21.2 Å². The predicted molar refractivity (Wildman–Crippen MR) is 113 cm³/mol. The molecule has 10 nitrogen and oxygen atoms in total. The molecule has 2 aliphatic rings. The number of pyridine rings is 1. The number of H-pyrrole nitrogens is 1. The predicted octanol–water partition coefficient (Wildman–Crippen LogP) is 2.20. The van der Waals surface area contributed by atoms with Crippen LogP contribution in [0.15, 0.2) is 18.3 Å². The number of anilines is 3. The summed E-state index contributed by atoms with van der Waals surface area (Å²) in [6.45, 7) is 0. The van der Waals surface area contributed by atoms with Gasteiger partial charge >= 0.3 is 6.09 Å². The summed E-state index contributed by atoms with van der Waals surface area (Å²) in [6.07, 6.45) is 4.13. The molecule has 2 aromatic rings. The minimum atomic E-state index is -3.34. The average molecular weight is 435 g/mol. The fraction of sp³-hybridized carbons (Fsp3) is 0.526. The number of amides is 1. The fourth-order valence-electron chi connectivity index (χ4n) is 3.96. The summed E-state index contributed by atoms with van der Waals surface area (Å²) in [6, 6.07) is 3.74. The van der Waals surface area contributed by atoms with Gasteiger partial charge in [0, 0.05) is 45.0 Å². The molecule has 1 amide bonds. The molecule has 30 heavy (non-hydrogen) atoms. The van der Waals surface area contributed by atoms with Crippen molar-refractivity contribution >= 4 is 33.4 Å². The first kappa shape index (κ1) is 20.5. The van der Waals surface area contributed by atoms with Crippen LogP contribution >= 0.6 is 0 Å². The summed E-state index contributed by atoms with van der Waals surface area (Å²) < 4.78 is 31.3. The molecule has 1 aliphatic heterocycles. The molecule has 1 aliphatic carbocycles. The highest BCUT2D eigenvalue weighted by Crippen LogP contribution is 2.38. The third kappa shape index (κ3) is 3.93. The van der Waals surface area contributed by atoms with Crippen LogP contribution in [0.25, 0.3) is 0 Å². The number of sulfonamides is 1. The SMILES string of the molecule is CN(C)C(=O)O[C@@H]1CC[C@H](c2cc(Nc3nccc4c3N(C)S(=O)(=O)CC4)n[nH]2)C1. The van der Waals surface area contributed by atoms with Crippen molar-refractivity contribution in [3.05, 3.63) is 29.6 Å². The van der Waals surface area contributed by atoms with Gasteiger partial charge in [0.2, 0.25) is 10.0 Å². The van der Waals surface area contributed by atoms with E-state index < -0.39 is 10.0 Å². The van der Waals surface area contributed by atoms with E-state index in [9.17, 15) is 13.2 Å². The number of nitrogens with one attached hydrogen (secondary N) is 2. The lowest BCUT2D eigenvalue weighted by atomic mass is 10.0. The standard InChI is InChI=1S/C19H26N6O4S/c1-24(2)19(26)29-14-5-4-13(10-14)15-11-16(23-22-15)21-18-17-12(6-8-20-18)7-9-30(27,28)25(17)3/h6,8,11,13-14H,4-5,7,9-10H2,1-3H3,(H2,20,21,22,23)/t13-,14+/m0/s1. The largest absolute Gasteiger partial charge is 0.446 e. The molecule has 2 N–H and O–H groups in total. The monoisotopic (exact) mass is 434 g/mol. The molecule has 0 bridgehead atoms. The summed E-state index contributed by atoms with van der Waals surface area (Å²) in [5.41, 5.74) is 2.44. The van der Waals surface area contributed by atoms with Crippen LogP contribution in [0.5, 0.6) is 0 Å². The Morgan fingerprint density at radius 1 is 1.37 bits per heavy atom. The Morgan fingerprint density at radius 2 is 2.17 bits per heavy atom. The van der Waals surface area contributed by atoms with Gasteiger partial charge in [0.15, 0.2) is 11.6 Å². The summed E-state index contributed by atoms with van der Waals surface area (Å²) in [4.78, 5) is 17.5. The average Bonchev–Trinajstić information content (AvgIpc) is 3.34. The van der Waals surface area contributed by atoms with E-state index in [2.05, 4.69) is 20.5 Å². The number of hydrogen-bond acceptors (Lipinski definition) is 7. The number of hydrogen-bond donors (Lipinski definition) is 2. The Balaban J connectivity index is 1.47. The number of rotatable bonds is 4. The molecule has 3 heterocycles. The number of ether oxygens (including phenoxy) is 1. The van der Waals surface area contributed by atoms with E-state index in [1.807, 2.05) is 12.1 Å². The van der Waals surface area contributed by atoms with Crippen molar-refractivity contribution < 1.29 is 17.9 Å². The first-order valence-corrected chi connectivity index (χ1v) is 11.5. The normalized spacial score (nSPS) is 22.4. The van der Waals surface area contributed by atoms with Gasteiger partial charge in [0.1, 0.15) is 6.10 Å². The number of aromatic nitrogens is 3. The Kier molecular flexibility index (Phi) is 5.31. The summed E-state index contributed by atoms with van der Waals surface area (Å²) in [7, 11) is 1.54. The smallest absolute Gasteiger partial charge is 0.409 e. The zero-order valence-electron chi connectivity index (χ0n) is 17.3. The van der Waals surface area contributed by atoms with E-state index in [1.54, 1.807) is 27.3 Å². The molecule has 2 atom stereocenters. The third-order valence-electron chi connectivity index (χ3n) is 5.67. The van der Waals surface area contributed by atoms with Gasteiger partial charge in [-0.2, -0.15) is 5.10 Å². The summed E-state index contributed by atoms with van der Waals surface area (Å²) in [5.74, 6) is 1.33. The van der Waals surface area contributed by atoms with E-state index >= 15 is 0 Å². The molecule has 1 saturated carbocycles. The number of aryl methyl sites for hydroxylation is 1. The quantitative estimate of drug-likeness (QED) is 0.757. The maximum absolute atomic E-state index is 12.3. The third-order valence-corrected chi connectivity index (χ3v) is 7.41. The molecule has 0 saturated heterocycles. The lowest BCUT2D eigenvalue weighted by Crippen LogP contribution is -2.35. The number of carbonyl (C=O) groups excluding carboxylic acids is 1. The van der Waals surface area contributed by atoms with Gasteiger partial charge in [-0.1, -0.05) is 0 Å². The second-order valence-electron chi connectivity index (χ2n) is 7.94. The van der Waals surface area contributed by atoms with E-state index in [-0.39, 0.29) is 23.9 Å². The van der Waals surface area contributed by atoms with Crippen molar-refractivity contribution in [1.82, 2.24) is 20.1 Å². The molecular weight excluding hydrogens is 408 g/mol. The van der Waals surface area contributed by atoms with Gasteiger partial charge in [-0.15, -0.1) is 0 Å². The highest BCUT2D eigenvalue weighted by atomic mass is 32.2. The highest BCUT2D eigenvalue weighted by molar-refractivity contribution is 7.92. The Labute approximate surface area is 175 Å². The number of aromatic amines is 1. The van der Waals surface area contributed by atoms with Crippen LogP contribution in [0, 0.1) is 0 Å². The van der Waals surface area contributed by atoms with Crippen molar-refractivity contribution in [2.75, 3.05) is 36.5 Å². The van der Waals surface area contributed by atoms with Crippen molar-refractivity contribution in [2.45, 2.75) is 37.7 Å². The van der Waals surface area contributed by atoms with Gasteiger partial charge in [-0.3, -0.25) is 9.40 Å². The maximum Gasteiger partial charge on any atom is 0.409 e. The molecule has 162 valence electrons. The van der Waals surface area contributed by atoms with Gasteiger partial charge in [0.25, 0.3) is 0 Å². The topological polar surface area (TPSA) is 121 Å². The first-order valence-electron chi connectivity index (χ1n) is 9.89. The molecule has 0 aromatic carbocycles. The maximum atomic E-state index is 12.3. The van der Waals surface area contributed by atoms with Crippen LogP contribution in [0.1, 0.15) is 36.4 Å². The van der Waals surface area contributed by atoms with Gasteiger partial charge in [-0.05, 0) is 37.3 Å². The second kappa shape index (κ2) is 7.78. The molecular formula is C19H26N6O4S. The van der Waals surface area contributed by atoms with Crippen molar-refractivity contribution in [3.63, 3.8) is 0 Å². The first-order chi connectivity index (χ1) is 14.2. The van der Waals surface area contributed by atoms with Crippen LogP contribution in [0.2, 0.25) is 0 Å². The lowest BCUT2D eigenvalue weighted by Gasteiger charge is -2.28. The molecule has 2 aromatic heterocycles. The van der Waals surface area contributed by atoms with Crippen LogP contribution in [0.4, 0.5) is 22.1 Å². The van der Waals surface area contributed by atoms with Gasteiger partial charge in [0.05, 0.1) is 11.4 Å².